The van der Waals surface area contributed by atoms with Crippen molar-refractivity contribution in [3.8, 4) is 0 Å². The number of anilines is 1. The smallest absolute Gasteiger partial charge is 0.338 e. The average molecular weight is 231 g/mol. The van der Waals surface area contributed by atoms with E-state index in [4.69, 9.17) is 0 Å². The van der Waals surface area contributed by atoms with Crippen molar-refractivity contribution in [3.05, 3.63) is 29.8 Å². The molecule has 0 heterocycles. The standard InChI is InChI=1S/C10H10F3N2O/c1-2-14-9(16)15-8-6-4-3-5-7(8)10(11,12)13/h4-6H,2H2,1H3,(H2,14,15,16). The number of halogens is 3. The van der Waals surface area contributed by atoms with E-state index >= 15 is 0 Å². The lowest BCUT2D eigenvalue weighted by molar-refractivity contribution is -0.136. The highest BCUT2D eigenvalue weighted by molar-refractivity contribution is 5.90. The number of urea groups is 1. The molecule has 1 rings (SSSR count). The zero-order valence-corrected chi connectivity index (χ0v) is 8.48. The summed E-state index contributed by atoms with van der Waals surface area (Å²) in [5.41, 5.74) is -1.20. The van der Waals surface area contributed by atoms with E-state index in [1.165, 1.54) is 6.07 Å². The second-order valence-corrected chi connectivity index (χ2v) is 2.95. The maximum atomic E-state index is 12.5. The molecule has 16 heavy (non-hydrogen) atoms. The van der Waals surface area contributed by atoms with Gasteiger partial charge in [-0.25, -0.2) is 4.79 Å². The maximum absolute atomic E-state index is 12.5. The minimum absolute atomic E-state index is 0.280. The van der Waals surface area contributed by atoms with Crippen molar-refractivity contribution in [2.24, 2.45) is 0 Å². The first kappa shape index (κ1) is 12.4. The molecule has 0 saturated heterocycles. The highest BCUT2D eigenvalue weighted by Crippen LogP contribution is 2.34. The van der Waals surface area contributed by atoms with Gasteiger partial charge in [0, 0.05) is 6.54 Å². The summed E-state index contributed by atoms with van der Waals surface area (Å²) in [4.78, 5) is 11.1. The molecular weight excluding hydrogens is 221 g/mol. The van der Waals surface area contributed by atoms with Crippen LogP contribution in [0.2, 0.25) is 0 Å². The summed E-state index contributed by atoms with van der Waals surface area (Å²) in [6.07, 6.45) is -4.51. The van der Waals surface area contributed by atoms with E-state index in [1.54, 1.807) is 6.92 Å². The predicted octanol–water partition coefficient (Wildman–Crippen LogP) is 2.65. The van der Waals surface area contributed by atoms with Crippen LogP contribution in [0.5, 0.6) is 0 Å². The van der Waals surface area contributed by atoms with Gasteiger partial charge in [0.1, 0.15) is 0 Å². The number of carbonyl (C=O) groups excluding carboxylic acids is 1. The molecule has 0 aliphatic carbocycles. The van der Waals surface area contributed by atoms with Gasteiger partial charge in [-0.2, -0.15) is 13.2 Å². The van der Waals surface area contributed by atoms with Crippen LogP contribution in [0.4, 0.5) is 23.7 Å². The zero-order valence-electron chi connectivity index (χ0n) is 8.48. The molecule has 0 saturated carbocycles. The van der Waals surface area contributed by atoms with E-state index < -0.39 is 17.8 Å². The summed E-state index contributed by atoms with van der Waals surface area (Å²) in [6.45, 7) is 2.01. The van der Waals surface area contributed by atoms with Gasteiger partial charge >= 0.3 is 12.2 Å². The minimum atomic E-state index is -4.51. The molecule has 87 valence electrons. The van der Waals surface area contributed by atoms with E-state index in [0.717, 1.165) is 12.1 Å². The Morgan fingerprint density at radius 1 is 1.50 bits per heavy atom. The molecule has 0 aliphatic heterocycles. The molecule has 1 radical (unpaired) electrons. The number of nitrogens with one attached hydrogen (secondary N) is 2. The fourth-order valence-electron chi connectivity index (χ4n) is 1.10. The van der Waals surface area contributed by atoms with Crippen LogP contribution in [0.15, 0.2) is 18.2 Å². The first-order chi connectivity index (χ1) is 7.45. The van der Waals surface area contributed by atoms with Crippen LogP contribution in [-0.2, 0) is 6.18 Å². The number of hydrogen-bond donors (Lipinski definition) is 2. The predicted molar refractivity (Wildman–Crippen MR) is 53.0 cm³/mol. The highest BCUT2D eigenvalue weighted by atomic mass is 19.4. The summed E-state index contributed by atoms with van der Waals surface area (Å²) >= 11 is 0. The summed E-state index contributed by atoms with van der Waals surface area (Å²) in [6, 6.07) is 4.90. The molecule has 2 N–H and O–H groups in total. The second kappa shape index (κ2) is 4.87. The monoisotopic (exact) mass is 231 g/mol. The second-order valence-electron chi connectivity index (χ2n) is 2.95. The Balaban J connectivity index is 2.92. The summed E-state index contributed by atoms with van der Waals surface area (Å²) in [7, 11) is 0. The van der Waals surface area contributed by atoms with Crippen molar-refractivity contribution in [2.45, 2.75) is 13.1 Å². The molecule has 6 heteroatoms. The molecule has 3 nitrogen and oxygen atoms in total. The Morgan fingerprint density at radius 3 is 2.75 bits per heavy atom. The van der Waals surface area contributed by atoms with Crippen molar-refractivity contribution in [1.82, 2.24) is 5.32 Å². The van der Waals surface area contributed by atoms with Crippen LogP contribution in [0.3, 0.4) is 0 Å². The number of alkyl halides is 3. The molecule has 1 aromatic rings. The normalized spacial score (nSPS) is 11.0. The van der Waals surface area contributed by atoms with Gasteiger partial charge in [-0.3, -0.25) is 0 Å². The number of benzene rings is 1. The fourth-order valence-corrected chi connectivity index (χ4v) is 1.10. The van der Waals surface area contributed by atoms with Gasteiger partial charge < -0.3 is 10.6 Å². The van der Waals surface area contributed by atoms with Crippen LogP contribution in [0.1, 0.15) is 12.5 Å². The van der Waals surface area contributed by atoms with Gasteiger partial charge in [-0.05, 0) is 25.1 Å². The Bertz CT molecular complexity index is 377. The number of amides is 2. The molecule has 0 atom stereocenters. The molecule has 0 bridgehead atoms. The summed E-state index contributed by atoms with van der Waals surface area (Å²) in [5, 5.41) is 4.47. The van der Waals surface area contributed by atoms with Crippen LogP contribution in [0, 0.1) is 6.07 Å². The lowest BCUT2D eigenvalue weighted by Crippen LogP contribution is -2.29. The largest absolute Gasteiger partial charge is 0.418 e. The Labute approximate surface area is 90.6 Å². The third-order valence-electron chi connectivity index (χ3n) is 1.76. The van der Waals surface area contributed by atoms with Gasteiger partial charge in [0.15, 0.2) is 0 Å². The molecule has 0 unspecified atom stereocenters. The van der Waals surface area contributed by atoms with E-state index in [9.17, 15) is 18.0 Å². The van der Waals surface area contributed by atoms with Crippen molar-refractivity contribution in [3.63, 3.8) is 0 Å². The zero-order chi connectivity index (χ0) is 12.2. The van der Waals surface area contributed by atoms with Gasteiger partial charge in [0.2, 0.25) is 0 Å². The van der Waals surface area contributed by atoms with E-state index in [0.29, 0.717) is 6.54 Å². The summed E-state index contributed by atoms with van der Waals surface area (Å²) in [5.74, 6) is 0. The van der Waals surface area contributed by atoms with Crippen molar-refractivity contribution in [1.29, 1.82) is 0 Å². The van der Waals surface area contributed by atoms with E-state index in [1.807, 2.05) is 0 Å². The third kappa shape index (κ3) is 3.15. The van der Waals surface area contributed by atoms with Gasteiger partial charge in [0.05, 0.1) is 11.3 Å². The van der Waals surface area contributed by atoms with Crippen molar-refractivity contribution < 1.29 is 18.0 Å². The molecule has 0 aromatic heterocycles. The molecule has 1 aromatic carbocycles. The molecule has 2 amide bonds. The third-order valence-corrected chi connectivity index (χ3v) is 1.76. The summed E-state index contributed by atoms with van der Waals surface area (Å²) < 4.78 is 37.5. The van der Waals surface area contributed by atoms with E-state index in [-0.39, 0.29) is 5.69 Å². The van der Waals surface area contributed by atoms with Crippen molar-refractivity contribution >= 4 is 11.7 Å². The van der Waals surface area contributed by atoms with Gasteiger partial charge in [0.25, 0.3) is 0 Å². The lowest BCUT2D eigenvalue weighted by atomic mass is 10.1. The minimum Gasteiger partial charge on any atom is -0.338 e. The van der Waals surface area contributed by atoms with Crippen LogP contribution < -0.4 is 10.6 Å². The SMILES string of the molecule is CCNC(=O)Nc1cc[c]cc1C(F)(F)F. The molecule has 0 aliphatic rings. The van der Waals surface area contributed by atoms with Crippen molar-refractivity contribution in [2.75, 3.05) is 11.9 Å². The topological polar surface area (TPSA) is 41.1 Å². The molecule has 0 fully saturated rings. The van der Waals surface area contributed by atoms with Gasteiger partial charge in [-0.1, -0.05) is 6.07 Å². The van der Waals surface area contributed by atoms with Crippen LogP contribution in [0.25, 0.3) is 0 Å². The Morgan fingerprint density at radius 2 is 2.19 bits per heavy atom. The molecular formula is C10H10F3N2O. The van der Waals surface area contributed by atoms with Crippen LogP contribution >= 0.6 is 0 Å². The van der Waals surface area contributed by atoms with Crippen LogP contribution in [-0.4, -0.2) is 12.6 Å². The Hall–Kier alpha value is -1.72. The number of carbonyl (C=O) groups is 1. The lowest BCUT2D eigenvalue weighted by Gasteiger charge is -2.13. The average Bonchev–Trinajstić information content (AvgIpc) is 2.17. The first-order valence-electron chi connectivity index (χ1n) is 4.57. The number of rotatable bonds is 2. The van der Waals surface area contributed by atoms with E-state index in [2.05, 4.69) is 16.7 Å². The highest BCUT2D eigenvalue weighted by Gasteiger charge is 2.33. The first-order valence-corrected chi connectivity index (χ1v) is 4.57. The Kier molecular flexibility index (Phi) is 3.76. The maximum Gasteiger partial charge on any atom is 0.418 e. The fraction of sp³-hybridized carbons (Fsp3) is 0.300. The van der Waals surface area contributed by atoms with Gasteiger partial charge in [-0.15, -0.1) is 0 Å². The quantitative estimate of drug-likeness (QED) is 0.807. The molecule has 0 spiro atoms. The number of hydrogen-bond acceptors (Lipinski definition) is 1.